The van der Waals surface area contributed by atoms with Crippen LogP contribution in [0, 0.1) is 5.92 Å². The fraction of sp³-hybridized carbons (Fsp3) is 0.857. The van der Waals surface area contributed by atoms with Crippen LogP contribution in [0.1, 0.15) is 44.9 Å². The molecule has 0 aromatic carbocycles. The molecule has 0 spiro atoms. The van der Waals surface area contributed by atoms with Gasteiger partial charge in [-0.25, -0.2) is 0 Å². The summed E-state index contributed by atoms with van der Waals surface area (Å²) in [4.78, 5) is 24.4. The monoisotopic (exact) mass is 268 g/mol. The second kappa shape index (κ2) is 6.89. The van der Waals surface area contributed by atoms with Crippen molar-refractivity contribution >= 4 is 11.9 Å². The van der Waals surface area contributed by atoms with Gasteiger partial charge in [-0.15, -0.1) is 0 Å². The molecular formula is C14H24N2O3. The zero-order valence-electron chi connectivity index (χ0n) is 11.4. The lowest BCUT2D eigenvalue weighted by molar-refractivity contribution is -0.137. The molecule has 1 aliphatic heterocycles. The van der Waals surface area contributed by atoms with Gasteiger partial charge in [-0.2, -0.15) is 0 Å². The van der Waals surface area contributed by atoms with Gasteiger partial charge < -0.3 is 15.3 Å². The average molecular weight is 268 g/mol. The van der Waals surface area contributed by atoms with Crippen molar-refractivity contribution in [3.8, 4) is 0 Å². The van der Waals surface area contributed by atoms with Crippen LogP contribution < -0.4 is 5.32 Å². The molecule has 1 saturated carbocycles. The number of hydrogen-bond donors (Lipinski definition) is 2. The maximum atomic E-state index is 12.0. The summed E-state index contributed by atoms with van der Waals surface area (Å²) in [6.45, 7) is 1.96. The summed E-state index contributed by atoms with van der Waals surface area (Å²) in [6.07, 6.45) is 6.77. The summed E-state index contributed by atoms with van der Waals surface area (Å²) in [5.41, 5.74) is 0. The first-order valence-electron chi connectivity index (χ1n) is 7.38. The van der Waals surface area contributed by atoms with E-state index in [9.17, 15) is 9.59 Å². The minimum absolute atomic E-state index is 0.171. The second-order valence-corrected chi connectivity index (χ2v) is 5.79. The van der Waals surface area contributed by atoms with E-state index in [1.54, 1.807) is 0 Å². The molecule has 1 aliphatic carbocycles. The Morgan fingerprint density at radius 2 is 1.95 bits per heavy atom. The maximum Gasteiger partial charge on any atom is 0.303 e. The molecule has 2 N–H and O–H groups in total. The molecule has 5 heteroatoms. The standard InChI is InChI=1S/C14H24N2O3/c17-13(9-15-12-3-1-2-4-12)16-8-7-11(10-16)5-6-14(18)19/h11-12,15H,1-10H2,(H,18,19). The summed E-state index contributed by atoms with van der Waals surface area (Å²) in [5, 5.41) is 12.0. The minimum atomic E-state index is -0.743. The molecule has 108 valence electrons. The van der Waals surface area contributed by atoms with Crippen LogP contribution in [0.5, 0.6) is 0 Å². The largest absolute Gasteiger partial charge is 0.481 e. The van der Waals surface area contributed by atoms with Gasteiger partial charge in [-0.05, 0) is 31.6 Å². The van der Waals surface area contributed by atoms with Gasteiger partial charge in [0.2, 0.25) is 5.91 Å². The van der Waals surface area contributed by atoms with Crippen LogP contribution in [0.25, 0.3) is 0 Å². The second-order valence-electron chi connectivity index (χ2n) is 5.79. The third-order valence-corrected chi connectivity index (χ3v) is 4.30. The van der Waals surface area contributed by atoms with Crippen LogP contribution >= 0.6 is 0 Å². The number of carbonyl (C=O) groups excluding carboxylic acids is 1. The molecule has 1 atom stereocenters. The molecule has 1 amide bonds. The van der Waals surface area contributed by atoms with Crippen LogP contribution in [0.15, 0.2) is 0 Å². The van der Waals surface area contributed by atoms with Gasteiger partial charge in [-0.1, -0.05) is 12.8 Å². The van der Waals surface area contributed by atoms with Gasteiger partial charge >= 0.3 is 5.97 Å². The number of nitrogens with zero attached hydrogens (tertiary/aromatic N) is 1. The molecule has 2 fully saturated rings. The lowest BCUT2D eigenvalue weighted by atomic mass is 10.0. The number of carbonyl (C=O) groups is 2. The van der Waals surface area contributed by atoms with Crippen LogP contribution in [0.4, 0.5) is 0 Å². The highest BCUT2D eigenvalue weighted by molar-refractivity contribution is 5.78. The Kier molecular flexibility index (Phi) is 5.19. The SMILES string of the molecule is O=C(O)CCC1CCN(C(=O)CNC2CCCC2)C1. The minimum Gasteiger partial charge on any atom is -0.481 e. The van der Waals surface area contributed by atoms with E-state index in [-0.39, 0.29) is 12.3 Å². The zero-order chi connectivity index (χ0) is 13.7. The van der Waals surface area contributed by atoms with Crippen LogP contribution in [-0.4, -0.2) is 47.6 Å². The molecule has 1 heterocycles. The normalized spacial score (nSPS) is 24.0. The molecule has 1 saturated heterocycles. The number of carboxylic acids is 1. The van der Waals surface area contributed by atoms with E-state index < -0.39 is 5.97 Å². The molecular weight excluding hydrogens is 244 g/mol. The summed E-state index contributed by atoms with van der Waals surface area (Å²) in [7, 11) is 0. The lowest BCUT2D eigenvalue weighted by Crippen LogP contribution is -2.40. The summed E-state index contributed by atoms with van der Waals surface area (Å²) >= 11 is 0. The first-order chi connectivity index (χ1) is 9.15. The number of hydrogen-bond acceptors (Lipinski definition) is 3. The molecule has 19 heavy (non-hydrogen) atoms. The number of carboxylic acid groups (broad SMARTS) is 1. The van der Waals surface area contributed by atoms with E-state index in [0.717, 1.165) is 19.5 Å². The van der Waals surface area contributed by atoms with Crippen molar-refractivity contribution in [2.75, 3.05) is 19.6 Å². The Morgan fingerprint density at radius 3 is 2.63 bits per heavy atom. The summed E-state index contributed by atoms with van der Waals surface area (Å²) in [6, 6.07) is 0.523. The summed E-state index contributed by atoms with van der Waals surface area (Å²) < 4.78 is 0. The van der Waals surface area contributed by atoms with Gasteiger partial charge in [0.25, 0.3) is 0 Å². The van der Waals surface area contributed by atoms with Gasteiger partial charge in [0.05, 0.1) is 6.54 Å². The Balaban J connectivity index is 1.64. The third kappa shape index (κ3) is 4.49. The quantitative estimate of drug-likeness (QED) is 0.760. The predicted molar refractivity (Wildman–Crippen MR) is 71.8 cm³/mol. The van der Waals surface area contributed by atoms with Crippen molar-refractivity contribution in [1.82, 2.24) is 10.2 Å². The number of likely N-dealkylation sites (tertiary alicyclic amines) is 1. The van der Waals surface area contributed by atoms with E-state index in [2.05, 4.69) is 5.32 Å². The van der Waals surface area contributed by atoms with E-state index >= 15 is 0 Å². The van der Waals surface area contributed by atoms with E-state index in [4.69, 9.17) is 5.11 Å². The smallest absolute Gasteiger partial charge is 0.303 e. The fourth-order valence-corrected chi connectivity index (χ4v) is 3.10. The highest BCUT2D eigenvalue weighted by atomic mass is 16.4. The molecule has 5 nitrogen and oxygen atoms in total. The van der Waals surface area contributed by atoms with Crippen LogP contribution in [0.3, 0.4) is 0 Å². The van der Waals surface area contributed by atoms with Gasteiger partial charge in [-0.3, -0.25) is 9.59 Å². The predicted octanol–water partition coefficient (Wildman–Crippen LogP) is 1.23. The van der Waals surface area contributed by atoms with E-state index in [1.165, 1.54) is 25.7 Å². The van der Waals surface area contributed by atoms with Gasteiger partial charge in [0.1, 0.15) is 0 Å². The first kappa shape index (κ1) is 14.3. The van der Waals surface area contributed by atoms with Crippen molar-refractivity contribution in [3.05, 3.63) is 0 Å². The molecule has 0 radical (unpaired) electrons. The lowest BCUT2D eigenvalue weighted by Gasteiger charge is -2.18. The average Bonchev–Trinajstić information content (AvgIpc) is 3.04. The maximum absolute atomic E-state index is 12.0. The number of rotatable bonds is 6. The number of amides is 1. The van der Waals surface area contributed by atoms with Crippen molar-refractivity contribution in [3.63, 3.8) is 0 Å². The van der Waals surface area contributed by atoms with Crippen molar-refractivity contribution in [2.24, 2.45) is 5.92 Å². The third-order valence-electron chi connectivity index (χ3n) is 4.30. The van der Waals surface area contributed by atoms with Gasteiger partial charge in [0, 0.05) is 25.6 Å². The summed E-state index contributed by atoms with van der Waals surface area (Å²) in [5.74, 6) is -0.205. The van der Waals surface area contributed by atoms with Crippen molar-refractivity contribution in [2.45, 2.75) is 51.0 Å². The molecule has 1 unspecified atom stereocenters. The number of nitrogens with one attached hydrogen (secondary N) is 1. The Bertz CT molecular complexity index is 327. The zero-order valence-corrected chi connectivity index (χ0v) is 11.4. The Labute approximate surface area is 114 Å². The van der Waals surface area contributed by atoms with Crippen LogP contribution in [0.2, 0.25) is 0 Å². The molecule has 2 aliphatic rings. The topological polar surface area (TPSA) is 69.6 Å². The van der Waals surface area contributed by atoms with Crippen LogP contribution in [-0.2, 0) is 9.59 Å². The number of aliphatic carboxylic acids is 1. The molecule has 0 bridgehead atoms. The Hall–Kier alpha value is -1.10. The van der Waals surface area contributed by atoms with Crippen molar-refractivity contribution in [1.29, 1.82) is 0 Å². The van der Waals surface area contributed by atoms with Gasteiger partial charge in [0.15, 0.2) is 0 Å². The Morgan fingerprint density at radius 1 is 1.21 bits per heavy atom. The highest BCUT2D eigenvalue weighted by Crippen LogP contribution is 2.21. The molecule has 0 aromatic heterocycles. The molecule has 0 aromatic rings. The molecule has 2 rings (SSSR count). The van der Waals surface area contributed by atoms with Crippen molar-refractivity contribution < 1.29 is 14.7 Å². The van der Waals surface area contributed by atoms with E-state index in [0.29, 0.717) is 24.9 Å². The fourth-order valence-electron chi connectivity index (χ4n) is 3.10. The highest BCUT2D eigenvalue weighted by Gasteiger charge is 2.26. The first-order valence-corrected chi connectivity index (χ1v) is 7.38. The van der Waals surface area contributed by atoms with E-state index in [1.807, 2.05) is 4.90 Å².